The van der Waals surface area contributed by atoms with Crippen LogP contribution in [0, 0.1) is 5.41 Å². The molecule has 1 heteroatoms. The Bertz CT molecular complexity index is 353. The highest BCUT2D eigenvalue weighted by Crippen LogP contribution is 2.39. The fourth-order valence-corrected chi connectivity index (χ4v) is 3.31. The first-order valence-corrected chi connectivity index (χ1v) is 7.32. The molecular weight excluding hydrogens is 218 g/mol. The Hall–Kier alpha value is -0.820. The number of rotatable bonds is 2. The third-order valence-corrected chi connectivity index (χ3v) is 3.90. The Morgan fingerprint density at radius 3 is 2.44 bits per heavy atom. The van der Waals surface area contributed by atoms with Crippen LogP contribution in [-0.2, 0) is 5.54 Å². The predicted molar refractivity (Wildman–Crippen MR) is 78.7 cm³/mol. The zero-order valence-electron chi connectivity index (χ0n) is 12.1. The summed E-state index contributed by atoms with van der Waals surface area (Å²) in [6.07, 6.45) is 6.51. The molecule has 1 heterocycles. The summed E-state index contributed by atoms with van der Waals surface area (Å²) in [5, 5.41) is 3.87. The van der Waals surface area contributed by atoms with Crippen molar-refractivity contribution in [1.29, 1.82) is 0 Å². The van der Waals surface area contributed by atoms with Gasteiger partial charge in [-0.25, -0.2) is 0 Å². The van der Waals surface area contributed by atoms with Gasteiger partial charge in [0.05, 0.1) is 0 Å². The average molecular weight is 245 g/mol. The normalized spacial score (nSPS) is 25.7. The first-order chi connectivity index (χ1) is 8.52. The summed E-state index contributed by atoms with van der Waals surface area (Å²) in [6, 6.07) is 11.1. The van der Waals surface area contributed by atoms with Gasteiger partial charge in [0.2, 0.25) is 0 Å². The van der Waals surface area contributed by atoms with Gasteiger partial charge in [-0.3, -0.25) is 0 Å². The van der Waals surface area contributed by atoms with Crippen molar-refractivity contribution in [1.82, 2.24) is 5.32 Å². The maximum Gasteiger partial charge on any atom is 0.0439 e. The van der Waals surface area contributed by atoms with E-state index in [-0.39, 0.29) is 5.54 Å². The molecule has 0 bridgehead atoms. The van der Waals surface area contributed by atoms with Gasteiger partial charge >= 0.3 is 0 Å². The van der Waals surface area contributed by atoms with E-state index in [1.54, 1.807) is 0 Å². The van der Waals surface area contributed by atoms with Crippen LogP contribution in [0.4, 0.5) is 0 Å². The molecule has 100 valence electrons. The Labute approximate surface area is 112 Å². The first kappa shape index (κ1) is 13.6. The van der Waals surface area contributed by atoms with E-state index in [9.17, 15) is 0 Å². The molecule has 1 aromatic carbocycles. The van der Waals surface area contributed by atoms with Crippen molar-refractivity contribution in [3.63, 3.8) is 0 Å². The van der Waals surface area contributed by atoms with Gasteiger partial charge < -0.3 is 5.32 Å². The zero-order valence-corrected chi connectivity index (χ0v) is 12.1. The maximum absolute atomic E-state index is 3.87. The summed E-state index contributed by atoms with van der Waals surface area (Å²) >= 11 is 0. The maximum atomic E-state index is 3.87. The van der Waals surface area contributed by atoms with Crippen molar-refractivity contribution in [2.24, 2.45) is 5.41 Å². The Morgan fingerprint density at radius 1 is 1.06 bits per heavy atom. The molecule has 1 atom stereocenters. The van der Waals surface area contributed by atoms with E-state index < -0.39 is 0 Å². The Morgan fingerprint density at radius 2 is 1.78 bits per heavy atom. The van der Waals surface area contributed by atoms with Crippen LogP contribution in [0.2, 0.25) is 0 Å². The van der Waals surface area contributed by atoms with E-state index >= 15 is 0 Å². The number of hydrogen-bond donors (Lipinski definition) is 1. The molecule has 0 spiro atoms. The average Bonchev–Trinajstić information content (AvgIpc) is 2.55. The van der Waals surface area contributed by atoms with Crippen LogP contribution in [-0.4, -0.2) is 6.54 Å². The number of benzene rings is 1. The second-order valence-corrected chi connectivity index (χ2v) is 6.92. The Kier molecular flexibility index (Phi) is 4.11. The highest BCUT2D eigenvalue weighted by Gasteiger charge is 2.36. The summed E-state index contributed by atoms with van der Waals surface area (Å²) in [5.41, 5.74) is 2.02. The summed E-state index contributed by atoms with van der Waals surface area (Å²) in [6.45, 7) is 8.21. The molecule has 1 unspecified atom stereocenters. The van der Waals surface area contributed by atoms with Gasteiger partial charge in [0.1, 0.15) is 0 Å². The highest BCUT2D eigenvalue weighted by molar-refractivity contribution is 5.25. The molecule has 0 aliphatic carbocycles. The number of hydrogen-bond acceptors (Lipinski definition) is 1. The fourth-order valence-electron chi connectivity index (χ4n) is 3.31. The number of nitrogens with one attached hydrogen (secondary N) is 1. The standard InChI is InChI=1S/C17H27N/c1-16(2,3)14-17(12-8-5-9-13-18-17)15-10-6-4-7-11-15/h4,6-7,10-11,18H,5,8-9,12-14H2,1-3H3. The molecule has 1 aromatic rings. The van der Waals surface area contributed by atoms with Crippen LogP contribution in [0.3, 0.4) is 0 Å². The highest BCUT2D eigenvalue weighted by atomic mass is 15.0. The van der Waals surface area contributed by atoms with Crippen LogP contribution < -0.4 is 5.32 Å². The van der Waals surface area contributed by atoms with Crippen molar-refractivity contribution in [2.45, 2.75) is 58.4 Å². The van der Waals surface area contributed by atoms with Gasteiger partial charge in [0, 0.05) is 5.54 Å². The summed E-state index contributed by atoms with van der Waals surface area (Å²) in [4.78, 5) is 0. The Balaban J connectivity index is 2.32. The van der Waals surface area contributed by atoms with Gasteiger partial charge in [-0.1, -0.05) is 63.9 Å². The van der Waals surface area contributed by atoms with Gasteiger partial charge in [0.15, 0.2) is 0 Å². The molecule has 1 fully saturated rings. The van der Waals surface area contributed by atoms with Crippen LogP contribution in [0.1, 0.15) is 58.4 Å². The SMILES string of the molecule is CC(C)(C)CC1(c2ccccc2)CCCCCN1. The summed E-state index contributed by atoms with van der Waals surface area (Å²) < 4.78 is 0. The molecule has 1 nitrogen and oxygen atoms in total. The first-order valence-electron chi connectivity index (χ1n) is 7.32. The van der Waals surface area contributed by atoms with E-state index in [4.69, 9.17) is 0 Å². The molecule has 0 radical (unpaired) electrons. The lowest BCUT2D eigenvalue weighted by atomic mass is 9.73. The summed E-state index contributed by atoms with van der Waals surface area (Å²) in [5.74, 6) is 0. The molecule has 1 aliphatic rings. The van der Waals surface area contributed by atoms with Gasteiger partial charge in [0.25, 0.3) is 0 Å². The predicted octanol–water partition coefficient (Wildman–Crippen LogP) is 4.48. The van der Waals surface area contributed by atoms with Crippen molar-refractivity contribution in [2.75, 3.05) is 6.54 Å². The van der Waals surface area contributed by atoms with E-state index in [2.05, 4.69) is 56.4 Å². The van der Waals surface area contributed by atoms with E-state index in [0.717, 1.165) is 6.54 Å². The van der Waals surface area contributed by atoms with Crippen molar-refractivity contribution >= 4 is 0 Å². The minimum absolute atomic E-state index is 0.190. The molecule has 1 saturated heterocycles. The lowest BCUT2D eigenvalue weighted by Crippen LogP contribution is -2.44. The molecule has 18 heavy (non-hydrogen) atoms. The third kappa shape index (κ3) is 3.35. The molecular formula is C17H27N. The molecule has 1 aliphatic heterocycles. The second-order valence-electron chi connectivity index (χ2n) is 6.92. The van der Waals surface area contributed by atoms with E-state index in [1.807, 2.05) is 0 Å². The minimum atomic E-state index is 0.190. The smallest absolute Gasteiger partial charge is 0.0439 e. The summed E-state index contributed by atoms with van der Waals surface area (Å²) in [7, 11) is 0. The van der Waals surface area contributed by atoms with Crippen molar-refractivity contribution in [3.05, 3.63) is 35.9 Å². The van der Waals surface area contributed by atoms with Crippen molar-refractivity contribution < 1.29 is 0 Å². The molecule has 0 amide bonds. The van der Waals surface area contributed by atoms with Gasteiger partial charge in [-0.2, -0.15) is 0 Å². The molecule has 0 aromatic heterocycles. The third-order valence-electron chi connectivity index (χ3n) is 3.90. The fraction of sp³-hybridized carbons (Fsp3) is 0.647. The van der Waals surface area contributed by atoms with Crippen LogP contribution in [0.25, 0.3) is 0 Å². The van der Waals surface area contributed by atoms with E-state index in [1.165, 1.54) is 37.7 Å². The molecule has 1 N–H and O–H groups in total. The lowest BCUT2D eigenvalue weighted by Gasteiger charge is -2.39. The quantitative estimate of drug-likeness (QED) is 0.810. The minimum Gasteiger partial charge on any atom is -0.307 e. The monoisotopic (exact) mass is 245 g/mol. The van der Waals surface area contributed by atoms with Gasteiger partial charge in [-0.05, 0) is 36.8 Å². The molecule has 2 rings (SSSR count). The topological polar surface area (TPSA) is 12.0 Å². The lowest BCUT2D eigenvalue weighted by molar-refractivity contribution is 0.202. The van der Waals surface area contributed by atoms with E-state index in [0.29, 0.717) is 5.41 Å². The van der Waals surface area contributed by atoms with Crippen molar-refractivity contribution in [3.8, 4) is 0 Å². The van der Waals surface area contributed by atoms with Crippen LogP contribution in [0.15, 0.2) is 30.3 Å². The molecule has 0 saturated carbocycles. The van der Waals surface area contributed by atoms with Crippen LogP contribution >= 0.6 is 0 Å². The largest absolute Gasteiger partial charge is 0.307 e. The zero-order chi connectivity index (χ0) is 13.1. The second kappa shape index (κ2) is 5.44. The van der Waals surface area contributed by atoms with Crippen LogP contribution in [0.5, 0.6) is 0 Å². The van der Waals surface area contributed by atoms with Gasteiger partial charge in [-0.15, -0.1) is 0 Å².